The molecular weight excluding hydrogens is 683 g/mol. The molecule has 0 spiro atoms. The Hall–Kier alpha value is -3.00. The van der Waals surface area contributed by atoms with Gasteiger partial charge in [0.2, 0.25) is 0 Å². The second kappa shape index (κ2) is 17.6. The molecule has 226 valence electrons. The van der Waals surface area contributed by atoms with Crippen molar-refractivity contribution < 1.29 is 48.1 Å². The van der Waals surface area contributed by atoms with Crippen molar-refractivity contribution in [3.8, 4) is 22.3 Å². The average molecular weight is 721 g/mol. The van der Waals surface area contributed by atoms with E-state index in [1.165, 1.54) is 77.7 Å². The predicted octanol–water partition coefficient (Wildman–Crippen LogP) is 4.78. The van der Waals surface area contributed by atoms with Gasteiger partial charge < -0.3 is 24.8 Å². The maximum atomic E-state index is 2.28. The average Bonchev–Trinajstić information content (AvgIpc) is 3.60. The molecular formula is C41H38Cl2SiZr-2. The summed E-state index contributed by atoms with van der Waals surface area (Å²) in [5.74, 6) is 0. The summed E-state index contributed by atoms with van der Waals surface area (Å²) < 4.78 is 0. The van der Waals surface area contributed by atoms with E-state index in [0.717, 1.165) is 0 Å². The van der Waals surface area contributed by atoms with Gasteiger partial charge in [-0.2, -0.15) is 12.1 Å². The Morgan fingerprint density at radius 2 is 0.889 bits per heavy atom. The molecule has 7 aromatic rings. The first kappa shape index (κ1) is 36.5. The standard InChI is InChI=1S/2C17H15.C7H8Si.2ClH.Zr/c2*1-12-10-15-9-8-13(2)17(16(15)11-12)14-6-4-3-5-7-14;8-6-7-4-2-1-3-5-7;;;/h2*3-11H,1-2H3;1-5,8H,6H2;2*1H;/q2*-1;;;;+2/p-2. The third-order valence-electron chi connectivity index (χ3n) is 7.79. The minimum atomic E-state index is 0. The Kier molecular flexibility index (Phi) is 14.3. The summed E-state index contributed by atoms with van der Waals surface area (Å²) in [7, 11) is 0. The summed E-state index contributed by atoms with van der Waals surface area (Å²) in [5, 5.41) is 5.42. The van der Waals surface area contributed by atoms with Crippen LogP contribution in [-0.2, 0) is 29.4 Å². The monoisotopic (exact) mass is 718 g/mol. The summed E-state index contributed by atoms with van der Waals surface area (Å²) >= 11 is 1.72. The van der Waals surface area contributed by atoms with Gasteiger partial charge in [0.05, 0.1) is 0 Å². The molecule has 0 aliphatic heterocycles. The van der Waals surface area contributed by atoms with Crippen LogP contribution in [0, 0.1) is 27.7 Å². The topological polar surface area (TPSA) is 0 Å². The van der Waals surface area contributed by atoms with Crippen LogP contribution in [0.15, 0.2) is 140 Å². The van der Waals surface area contributed by atoms with Gasteiger partial charge in [0.25, 0.3) is 0 Å². The van der Waals surface area contributed by atoms with E-state index < -0.39 is 0 Å². The Morgan fingerprint density at radius 3 is 1.27 bits per heavy atom. The fourth-order valence-electron chi connectivity index (χ4n) is 5.79. The summed E-state index contributed by atoms with van der Waals surface area (Å²) in [6.45, 7) is 8.68. The Bertz CT molecular complexity index is 1820. The van der Waals surface area contributed by atoms with Gasteiger partial charge in [0, 0.05) is 0 Å². The number of halogens is 2. The summed E-state index contributed by atoms with van der Waals surface area (Å²) in [6, 6.07) is 51.2. The van der Waals surface area contributed by atoms with Crippen molar-refractivity contribution >= 4 is 27.7 Å². The molecule has 0 N–H and O–H groups in total. The van der Waals surface area contributed by atoms with Gasteiger partial charge in [-0.15, -0.1) is 69.1 Å². The van der Waals surface area contributed by atoms with Gasteiger partial charge in [-0.05, 0) is 25.0 Å². The second-order valence-electron chi connectivity index (χ2n) is 11.2. The molecule has 0 saturated heterocycles. The first-order valence-corrected chi connectivity index (χ1v) is 20.6. The quantitative estimate of drug-likeness (QED) is 0.182. The molecule has 0 aromatic heterocycles. The number of rotatable bonds is 4. The van der Waals surface area contributed by atoms with Crippen molar-refractivity contribution in [2.75, 3.05) is 0 Å². The summed E-state index contributed by atoms with van der Waals surface area (Å²) in [6.07, 6.45) is 0.715. The van der Waals surface area contributed by atoms with Crippen molar-refractivity contribution in [1.82, 2.24) is 0 Å². The molecule has 0 aliphatic carbocycles. The van der Waals surface area contributed by atoms with Crippen molar-refractivity contribution in [3.63, 3.8) is 0 Å². The molecule has 0 heterocycles. The van der Waals surface area contributed by atoms with Crippen LogP contribution < -0.4 is 24.8 Å². The van der Waals surface area contributed by atoms with Crippen LogP contribution >= 0.6 is 0 Å². The van der Waals surface area contributed by atoms with E-state index in [2.05, 4.69) is 167 Å². The Morgan fingerprint density at radius 1 is 0.511 bits per heavy atom. The number of fused-ring (bicyclic) bond motifs is 2. The number of hydrogen-bond donors (Lipinski definition) is 0. The predicted molar refractivity (Wildman–Crippen MR) is 186 cm³/mol. The molecule has 0 nitrogen and oxygen atoms in total. The van der Waals surface area contributed by atoms with E-state index in [4.69, 9.17) is 0 Å². The number of benzene rings is 5. The molecule has 0 radical (unpaired) electrons. The molecule has 0 bridgehead atoms. The zero-order chi connectivity index (χ0) is 30.2. The fourth-order valence-corrected chi connectivity index (χ4v) is 8.04. The van der Waals surface area contributed by atoms with Crippen LogP contribution in [0.1, 0.15) is 27.8 Å². The SMILES string of the molecule is Cc1cc2c(-c3ccccc3)c(C)ccc2[cH-]1.Cc1cc2c(-c3ccccc3)c(C)ccc2[cH-]1.[Cl-].[Cl-].[Zr+2]=[SiH]Cc1ccccc1. The van der Waals surface area contributed by atoms with Crippen LogP contribution in [0.2, 0.25) is 0 Å². The molecule has 0 aliphatic rings. The molecule has 45 heavy (non-hydrogen) atoms. The molecule has 0 amide bonds. The van der Waals surface area contributed by atoms with E-state index in [0.29, 0.717) is 6.16 Å². The van der Waals surface area contributed by atoms with Crippen molar-refractivity contribution in [2.24, 2.45) is 0 Å². The van der Waals surface area contributed by atoms with E-state index in [-0.39, 0.29) is 24.8 Å². The maximum absolute atomic E-state index is 2.28. The van der Waals surface area contributed by atoms with Crippen LogP contribution in [0.5, 0.6) is 0 Å². The first-order chi connectivity index (χ1) is 20.9. The molecule has 0 saturated carbocycles. The molecule has 7 rings (SSSR count). The molecule has 0 atom stereocenters. The van der Waals surface area contributed by atoms with Gasteiger partial charge in [0.1, 0.15) is 0 Å². The zero-order valence-corrected chi connectivity index (χ0v) is 31.4. The van der Waals surface area contributed by atoms with Crippen molar-refractivity contribution in [3.05, 3.63) is 167 Å². The molecule has 0 fully saturated rings. The normalized spacial score (nSPS) is 10.1. The van der Waals surface area contributed by atoms with E-state index >= 15 is 0 Å². The van der Waals surface area contributed by atoms with E-state index in [1.807, 2.05) is 0 Å². The van der Waals surface area contributed by atoms with Crippen LogP contribution in [-0.4, -0.2) is 6.16 Å². The minimum absolute atomic E-state index is 0. The molecule has 0 unspecified atom stereocenters. The zero-order valence-electron chi connectivity index (χ0n) is 26.3. The van der Waals surface area contributed by atoms with E-state index in [9.17, 15) is 0 Å². The second-order valence-corrected chi connectivity index (χ2v) is 15.0. The van der Waals surface area contributed by atoms with Crippen molar-refractivity contribution in [1.29, 1.82) is 0 Å². The third kappa shape index (κ3) is 9.27. The van der Waals surface area contributed by atoms with Gasteiger partial charge in [-0.25, -0.2) is 0 Å². The molecule has 7 aromatic carbocycles. The van der Waals surface area contributed by atoms with Crippen molar-refractivity contribution in [2.45, 2.75) is 33.7 Å². The Balaban J connectivity index is 0.000000189. The third-order valence-corrected chi connectivity index (χ3v) is 9.97. The first-order valence-electron chi connectivity index (χ1n) is 14.9. The molecule has 4 heteroatoms. The number of aryl methyl sites for hydroxylation is 4. The van der Waals surface area contributed by atoms with Crippen LogP contribution in [0.4, 0.5) is 0 Å². The van der Waals surface area contributed by atoms with E-state index in [1.54, 1.807) is 23.3 Å². The summed E-state index contributed by atoms with van der Waals surface area (Å²) in [5.41, 5.74) is 12.2. The van der Waals surface area contributed by atoms with Gasteiger partial charge in [-0.1, -0.05) is 96.8 Å². The summed E-state index contributed by atoms with van der Waals surface area (Å²) in [4.78, 5) is 0. The van der Waals surface area contributed by atoms with Crippen LogP contribution in [0.3, 0.4) is 0 Å². The number of hydrogen-bond acceptors (Lipinski definition) is 0. The Labute approximate surface area is 297 Å². The van der Waals surface area contributed by atoms with Gasteiger partial charge in [-0.3, -0.25) is 0 Å². The van der Waals surface area contributed by atoms with Gasteiger partial charge in [0.15, 0.2) is 0 Å². The van der Waals surface area contributed by atoms with Crippen LogP contribution in [0.25, 0.3) is 43.8 Å². The van der Waals surface area contributed by atoms with Gasteiger partial charge >= 0.3 is 71.4 Å². The fraction of sp³-hybridized carbons (Fsp3) is 0.122.